The number of halogens is 2. The Bertz CT molecular complexity index is 1290. The summed E-state index contributed by atoms with van der Waals surface area (Å²) in [4.78, 5) is 0. The van der Waals surface area contributed by atoms with E-state index in [0.29, 0.717) is 23.0 Å². The van der Waals surface area contributed by atoms with Crippen molar-refractivity contribution in [3.63, 3.8) is 0 Å². The summed E-state index contributed by atoms with van der Waals surface area (Å²) in [6, 6.07) is 35.1. The minimum atomic E-state index is -3.93. The summed E-state index contributed by atoms with van der Waals surface area (Å²) in [6.07, 6.45) is 0.514. The van der Waals surface area contributed by atoms with Gasteiger partial charge in [0.05, 0.1) is 0 Å². The molecule has 0 aliphatic rings. The van der Waals surface area contributed by atoms with Crippen LogP contribution in [0.25, 0.3) is 0 Å². The van der Waals surface area contributed by atoms with Crippen molar-refractivity contribution >= 4 is 34.2 Å². The molecule has 6 nitrogen and oxygen atoms in total. The van der Waals surface area contributed by atoms with Gasteiger partial charge in [0.2, 0.25) is 0 Å². The quantitative estimate of drug-likeness (QED) is 0.0965. The van der Waals surface area contributed by atoms with Crippen LogP contribution in [0.4, 0.5) is 0 Å². The Morgan fingerprint density at radius 1 is 0.564 bits per heavy atom. The Labute approximate surface area is 242 Å². The van der Waals surface area contributed by atoms with Crippen molar-refractivity contribution in [2.75, 3.05) is 6.16 Å². The molecule has 0 saturated carbocycles. The fraction of sp³-hybridized carbons (Fsp3) is 0.143. The van der Waals surface area contributed by atoms with E-state index in [-0.39, 0.29) is 19.0 Å². The van der Waals surface area contributed by atoms with Crippen LogP contribution in [0.1, 0.15) is 12.8 Å². The summed E-state index contributed by atoms with van der Waals surface area (Å²) in [6.45, 7) is 0. The average molecular weight is 699 g/mol. The van der Waals surface area contributed by atoms with Crippen molar-refractivity contribution in [2.24, 2.45) is 0 Å². The van der Waals surface area contributed by atoms with Crippen LogP contribution in [0.3, 0.4) is 0 Å². The molecule has 0 aliphatic heterocycles. The molecular weight excluding hydrogens is 672 g/mol. The number of para-hydroxylation sites is 4. The molecule has 4 aromatic rings. The minimum absolute atomic E-state index is 0.0231. The van der Waals surface area contributed by atoms with Gasteiger partial charge >= 0.3 is 244 Å². The van der Waals surface area contributed by atoms with Gasteiger partial charge in [-0.1, -0.05) is 0 Å². The van der Waals surface area contributed by atoms with Crippen LogP contribution in [0.2, 0.25) is 0 Å². The second-order valence-corrected chi connectivity index (χ2v) is 18.7. The molecule has 0 saturated heterocycles. The molecule has 0 N–H and O–H groups in total. The molecule has 0 fully saturated rings. The summed E-state index contributed by atoms with van der Waals surface area (Å²) < 4.78 is 51.1. The van der Waals surface area contributed by atoms with Crippen LogP contribution < -0.4 is 18.1 Å². The molecule has 39 heavy (non-hydrogen) atoms. The molecule has 209 valence electrons. The maximum absolute atomic E-state index is 14.3. The normalized spacial score (nSPS) is 12.7. The zero-order chi connectivity index (χ0) is 27.6. The topological polar surface area (TPSA) is 71.1 Å². The van der Waals surface area contributed by atoms with E-state index in [2.05, 4.69) is 0 Å². The predicted octanol–water partition coefficient (Wildman–Crippen LogP) is 9.72. The molecule has 0 amide bonds. The van der Waals surface area contributed by atoms with Crippen LogP contribution in [-0.4, -0.2) is 10.3 Å². The SMILES string of the molecule is O=P(CCC[CH]([Pd]([Cl])[Cl])P(=O)(Oc1ccccc1)Oc1ccccc1)(Oc1ccccc1)Oc1ccccc1. The van der Waals surface area contributed by atoms with E-state index < -0.39 is 34.0 Å². The van der Waals surface area contributed by atoms with Gasteiger partial charge in [-0.25, -0.2) is 0 Å². The van der Waals surface area contributed by atoms with E-state index in [1.807, 2.05) is 24.3 Å². The van der Waals surface area contributed by atoms with Gasteiger partial charge in [-0.05, 0) is 0 Å². The van der Waals surface area contributed by atoms with Crippen LogP contribution >= 0.6 is 34.2 Å². The van der Waals surface area contributed by atoms with E-state index in [1.54, 1.807) is 97.1 Å². The Morgan fingerprint density at radius 2 is 0.897 bits per heavy atom. The van der Waals surface area contributed by atoms with Gasteiger partial charge in [-0.3, -0.25) is 0 Å². The van der Waals surface area contributed by atoms with Crippen LogP contribution in [-0.2, 0) is 23.8 Å². The van der Waals surface area contributed by atoms with Gasteiger partial charge in [0.25, 0.3) is 0 Å². The molecule has 4 rings (SSSR count). The molecule has 0 bridgehead atoms. The first-order valence-electron chi connectivity index (χ1n) is 12.0. The van der Waals surface area contributed by atoms with Crippen LogP contribution in [0.5, 0.6) is 23.0 Å². The van der Waals surface area contributed by atoms with Gasteiger partial charge in [0, 0.05) is 0 Å². The van der Waals surface area contributed by atoms with Crippen LogP contribution in [0, 0.1) is 0 Å². The first-order valence-corrected chi connectivity index (χ1v) is 20.2. The first-order chi connectivity index (χ1) is 18.9. The zero-order valence-electron chi connectivity index (χ0n) is 20.7. The van der Waals surface area contributed by atoms with Crippen molar-refractivity contribution in [2.45, 2.75) is 17.0 Å². The third-order valence-electron chi connectivity index (χ3n) is 5.27. The molecular formula is C28H27Cl2O6P2Pd. The number of hydrogen-bond donors (Lipinski definition) is 0. The van der Waals surface area contributed by atoms with E-state index in [4.69, 9.17) is 37.2 Å². The fourth-order valence-electron chi connectivity index (χ4n) is 3.52. The first kappa shape index (κ1) is 29.8. The molecule has 1 atom stereocenters. The van der Waals surface area contributed by atoms with Crippen molar-refractivity contribution in [3.05, 3.63) is 121 Å². The fourth-order valence-corrected chi connectivity index (χ4v) is 12.7. The zero-order valence-corrected chi connectivity index (χ0v) is 25.5. The summed E-state index contributed by atoms with van der Waals surface area (Å²) in [5.41, 5.74) is 0. The third kappa shape index (κ3) is 9.16. The van der Waals surface area contributed by atoms with Crippen molar-refractivity contribution in [3.8, 4) is 23.0 Å². The third-order valence-corrected chi connectivity index (χ3v) is 15.7. The van der Waals surface area contributed by atoms with Crippen molar-refractivity contribution in [1.82, 2.24) is 0 Å². The van der Waals surface area contributed by atoms with Gasteiger partial charge in [-0.2, -0.15) is 0 Å². The van der Waals surface area contributed by atoms with Crippen LogP contribution in [0.15, 0.2) is 121 Å². The second-order valence-electron chi connectivity index (χ2n) is 8.21. The molecule has 0 heterocycles. The summed E-state index contributed by atoms with van der Waals surface area (Å²) in [7, 11) is 5.37. The Hall–Kier alpha value is -2.22. The molecule has 1 unspecified atom stereocenters. The van der Waals surface area contributed by atoms with Gasteiger partial charge in [0.15, 0.2) is 0 Å². The summed E-state index contributed by atoms with van der Waals surface area (Å²) in [5.74, 6) is 1.57. The molecule has 0 aromatic heterocycles. The number of benzene rings is 4. The molecule has 0 spiro atoms. The Kier molecular flexibility index (Phi) is 11.0. The Morgan fingerprint density at radius 3 is 1.23 bits per heavy atom. The van der Waals surface area contributed by atoms with E-state index in [1.165, 1.54) is 0 Å². The molecule has 11 heteroatoms. The standard InChI is InChI=1S/C28H27O6P2.2ClH.Pd/c29-35(31-25-15-5-1-6-16-25,32-26-17-7-2-8-18-26)23-13-14-24-36(30,33-27-19-9-3-10-20-27)34-28-21-11-4-12-22-28;;;/h1-12,15-23H,13-14,24H2;2*1H;/q;;;+2/p-2. The summed E-state index contributed by atoms with van der Waals surface area (Å²) in [5, 5.41) is 0. The molecule has 0 radical (unpaired) electrons. The van der Waals surface area contributed by atoms with E-state index >= 15 is 0 Å². The predicted molar refractivity (Wildman–Crippen MR) is 153 cm³/mol. The second kappa shape index (κ2) is 14.4. The monoisotopic (exact) mass is 697 g/mol. The Balaban J connectivity index is 1.55. The molecule has 4 aromatic carbocycles. The van der Waals surface area contributed by atoms with E-state index in [9.17, 15) is 9.13 Å². The van der Waals surface area contributed by atoms with Gasteiger partial charge in [0.1, 0.15) is 0 Å². The van der Waals surface area contributed by atoms with E-state index in [0.717, 1.165) is 0 Å². The van der Waals surface area contributed by atoms with Gasteiger partial charge in [-0.15, -0.1) is 0 Å². The number of rotatable bonds is 14. The van der Waals surface area contributed by atoms with Crippen molar-refractivity contribution < 1.29 is 41.9 Å². The van der Waals surface area contributed by atoms with Gasteiger partial charge < -0.3 is 0 Å². The average Bonchev–Trinajstić information content (AvgIpc) is 2.93. The number of hydrogen-bond acceptors (Lipinski definition) is 6. The summed E-state index contributed by atoms with van der Waals surface area (Å²) >= 11 is -2.41. The van der Waals surface area contributed by atoms with Crippen molar-refractivity contribution in [1.29, 1.82) is 0 Å². The maximum atomic E-state index is 14.3. The molecule has 0 aliphatic carbocycles.